The van der Waals surface area contributed by atoms with Crippen molar-refractivity contribution in [2.45, 2.75) is 39.8 Å². The Morgan fingerprint density at radius 1 is 0.786 bits per heavy atom. The van der Waals surface area contributed by atoms with Gasteiger partial charge in [0.05, 0.1) is 12.1 Å². The molecule has 0 aromatic carbocycles. The second-order valence-corrected chi connectivity index (χ2v) is 3.87. The van der Waals surface area contributed by atoms with Gasteiger partial charge in [-0.1, -0.05) is 27.7 Å². The van der Waals surface area contributed by atoms with Crippen molar-refractivity contribution in [3.63, 3.8) is 0 Å². The van der Waals surface area contributed by atoms with Crippen molar-refractivity contribution in [1.82, 2.24) is 0 Å². The summed E-state index contributed by atoms with van der Waals surface area (Å²) in [4.78, 5) is 0. The van der Waals surface area contributed by atoms with Crippen LogP contribution in [-0.4, -0.2) is 12.1 Å². The third kappa shape index (κ3) is 4.00. The van der Waals surface area contributed by atoms with Crippen molar-refractivity contribution in [2.75, 3.05) is 0 Å². The molecule has 0 aliphatic rings. The quantitative estimate of drug-likeness (QED) is 0.642. The van der Waals surface area contributed by atoms with E-state index in [1.54, 1.807) is 0 Å². The van der Waals surface area contributed by atoms with Crippen LogP contribution in [0.15, 0.2) is 10.2 Å². The van der Waals surface area contributed by atoms with Crippen LogP contribution in [0, 0.1) is 34.5 Å². The number of nitrogens with zero attached hydrogens (tertiary/aromatic N) is 4. The van der Waals surface area contributed by atoms with Crippen LogP contribution in [0.5, 0.6) is 0 Å². The molecule has 0 spiro atoms. The van der Waals surface area contributed by atoms with Crippen molar-refractivity contribution in [1.29, 1.82) is 10.5 Å². The summed E-state index contributed by atoms with van der Waals surface area (Å²) in [6.07, 6.45) is 0. The largest absolute Gasteiger partial charge is 0.196 e. The van der Waals surface area contributed by atoms with E-state index in [1.807, 2.05) is 27.7 Å². The van der Waals surface area contributed by atoms with Gasteiger partial charge in [0.2, 0.25) is 0 Å². The Balaban J connectivity index is 4.42. The zero-order chi connectivity index (χ0) is 11.1. The van der Waals surface area contributed by atoms with E-state index in [0.29, 0.717) is 0 Å². The van der Waals surface area contributed by atoms with Gasteiger partial charge in [-0.05, 0) is 11.8 Å². The maximum absolute atomic E-state index is 8.73. The average Bonchev–Trinajstić information content (AvgIpc) is 2.11. The Labute approximate surface area is 85.3 Å². The first-order valence-electron chi connectivity index (χ1n) is 4.72. The van der Waals surface area contributed by atoms with Gasteiger partial charge in [-0.15, -0.1) is 0 Å². The molecule has 4 heteroatoms. The molecule has 4 nitrogen and oxygen atoms in total. The van der Waals surface area contributed by atoms with Crippen molar-refractivity contribution in [3.05, 3.63) is 0 Å². The van der Waals surface area contributed by atoms with E-state index < -0.39 is 12.1 Å². The molecule has 0 aliphatic heterocycles. The fourth-order valence-corrected chi connectivity index (χ4v) is 0.760. The highest BCUT2D eigenvalue weighted by atomic mass is 15.1. The summed E-state index contributed by atoms with van der Waals surface area (Å²) in [6, 6.07) is 3.22. The summed E-state index contributed by atoms with van der Waals surface area (Å²) < 4.78 is 0. The number of rotatable bonds is 4. The maximum atomic E-state index is 8.73. The molecule has 0 aliphatic carbocycles. The molecular formula is C10H16N4. The maximum Gasteiger partial charge on any atom is 0.159 e. The Morgan fingerprint density at radius 2 is 1.07 bits per heavy atom. The zero-order valence-electron chi connectivity index (χ0n) is 9.10. The molecule has 0 saturated heterocycles. The van der Waals surface area contributed by atoms with E-state index in [1.165, 1.54) is 0 Å². The first-order valence-corrected chi connectivity index (χ1v) is 4.72. The van der Waals surface area contributed by atoms with Gasteiger partial charge in [-0.3, -0.25) is 0 Å². The smallest absolute Gasteiger partial charge is 0.159 e. The van der Waals surface area contributed by atoms with Crippen LogP contribution in [0.25, 0.3) is 0 Å². The van der Waals surface area contributed by atoms with Crippen molar-refractivity contribution < 1.29 is 0 Å². The fourth-order valence-electron chi connectivity index (χ4n) is 0.760. The SMILES string of the molecule is CC(C)C(C#N)N=NC(C#N)C(C)C. The van der Waals surface area contributed by atoms with Crippen molar-refractivity contribution in [2.24, 2.45) is 22.1 Å². The average molecular weight is 192 g/mol. The molecule has 2 atom stereocenters. The first kappa shape index (κ1) is 12.6. The molecule has 76 valence electrons. The molecule has 0 bridgehead atoms. The lowest BCUT2D eigenvalue weighted by Gasteiger charge is -2.09. The molecule has 0 heterocycles. The number of nitriles is 2. The molecule has 0 rings (SSSR count). The Bertz CT molecular complexity index is 239. The summed E-state index contributed by atoms with van der Waals surface area (Å²) in [7, 11) is 0. The standard InChI is InChI=1S/C10H16N4/c1-7(2)9(5-11)13-14-10(6-12)8(3)4/h7-10H,1-4H3. The lowest BCUT2D eigenvalue weighted by molar-refractivity contribution is 0.507. The first-order chi connectivity index (χ1) is 6.52. The third-order valence-electron chi connectivity index (χ3n) is 1.84. The van der Waals surface area contributed by atoms with Gasteiger partial charge in [0.1, 0.15) is 0 Å². The summed E-state index contributed by atoms with van der Waals surface area (Å²) in [5, 5.41) is 25.2. The van der Waals surface area contributed by atoms with Crippen LogP contribution < -0.4 is 0 Å². The lowest BCUT2D eigenvalue weighted by Crippen LogP contribution is -2.13. The van der Waals surface area contributed by atoms with Crippen LogP contribution in [0.4, 0.5) is 0 Å². The van der Waals surface area contributed by atoms with Crippen LogP contribution in [0.3, 0.4) is 0 Å². The highest BCUT2D eigenvalue weighted by molar-refractivity contribution is 4.94. The zero-order valence-corrected chi connectivity index (χ0v) is 9.10. The topological polar surface area (TPSA) is 72.3 Å². The molecule has 0 fully saturated rings. The normalized spacial score (nSPS) is 15.4. The van der Waals surface area contributed by atoms with Crippen molar-refractivity contribution in [3.8, 4) is 12.1 Å². The molecule has 0 radical (unpaired) electrons. The van der Waals surface area contributed by atoms with Crippen LogP contribution in [0.2, 0.25) is 0 Å². The van der Waals surface area contributed by atoms with E-state index in [0.717, 1.165) is 0 Å². The Kier molecular flexibility index (Phi) is 5.48. The summed E-state index contributed by atoms with van der Waals surface area (Å²) >= 11 is 0. The van der Waals surface area contributed by atoms with Crippen LogP contribution >= 0.6 is 0 Å². The number of hydrogen-bond acceptors (Lipinski definition) is 4. The van der Waals surface area contributed by atoms with Crippen molar-refractivity contribution >= 4 is 0 Å². The predicted octanol–water partition coefficient (Wildman–Crippen LogP) is 2.53. The van der Waals surface area contributed by atoms with Gasteiger partial charge >= 0.3 is 0 Å². The number of azo groups is 1. The predicted molar refractivity (Wildman–Crippen MR) is 53.3 cm³/mol. The molecule has 0 amide bonds. The van der Waals surface area contributed by atoms with Gasteiger partial charge in [-0.25, -0.2) is 0 Å². The van der Waals surface area contributed by atoms with Gasteiger partial charge < -0.3 is 0 Å². The van der Waals surface area contributed by atoms with Crippen LogP contribution in [-0.2, 0) is 0 Å². The second-order valence-electron chi connectivity index (χ2n) is 3.87. The van der Waals surface area contributed by atoms with Gasteiger partial charge in [0.25, 0.3) is 0 Å². The van der Waals surface area contributed by atoms with E-state index in [4.69, 9.17) is 10.5 Å². The summed E-state index contributed by atoms with van der Waals surface area (Å²) in [5.41, 5.74) is 0. The molecular weight excluding hydrogens is 176 g/mol. The van der Waals surface area contributed by atoms with E-state index in [9.17, 15) is 0 Å². The van der Waals surface area contributed by atoms with Gasteiger partial charge in [0.15, 0.2) is 12.1 Å². The molecule has 0 aromatic heterocycles. The lowest BCUT2D eigenvalue weighted by atomic mass is 10.1. The minimum absolute atomic E-state index is 0.134. The molecule has 0 aromatic rings. The Morgan fingerprint density at radius 3 is 1.21 bits per heavy atom. The monoisotopic (exact) mass is 192 g/mol. The highest BCUT2D eigenvalue weighted by Gasteiger charge is 2.14. The van der Waals surface area contributed by atoms with Crippen LogP contribution in [0.1, 0.15) is 27.7 Å². The van der Waals surface area contributed by atoms with E-state index in [2.05, 4.69) is 22.4 Å². The fraction of sp³-hybridized carbons (Fsp3) is 0.800. The Hall–Kier alpha value is -1.42. The molecule has 14 heavy (non-hydrogen) atoms. The summed E-state index contributed by atoms with van der Waals surface area (Å²) in [6.45, 7) is 7.63. The summed E-state index contributed by atoms with van der Waals surface area (Å²) in [5.74, 6) is 0.269. The molecule has 0 N–H and O–H groups in total. The minimum Gasteiger partial charge on any atom is -0.196 e. The van der Waals surface area contributed by atoms with E-state index in [-0.39, 0.29) is 11.8 Å². The minimum atomic E-state index is -0.440. The molecule has 2 unspecified atom stereocenters. The third-order valence-corrected chi connectivity index (χ3v) is 1.84. The molecule has 0 saturated carbocycles. The second kappa shape index (κ2) is 6.10. The van der Waals surface area contributed by atoms with Gasteiger partial charge in [0, 0.05) is 0 Å². The number of hydrogen-bond donors (Lipinski definition) is 0. The van der Waals surface area contributed by atoms with Gasteiger partial charge in [-0.2, -0.15) is 20.8 Å². The van der Waals surface area contributed by atoms with E-state index >= 15 is 0 Å². The highest BCUT2D eigenvalue weighted by Crippen LogP contribution is 2.10.